The van der Waals surface area contributed by atoms with Crippen LogP contribution < -0.4 is 0 Å². The van der Waals surface area contributed by atoms with E-state index in [2.05, 4.69) is 125 Å². The van der Waals surface area contributed by atoms with Crippen LogP contribution >= 0.6 is 0 Å². The van der Waals surface area contributed by atoms with Gasteiger partial charge in [-0.1, -0.05) is 92.2 Å². The maximum Gasteiger partial charge on any atom is 0.0745 e. The topological polar surface area (TPSA) is 12.9 Å². The van der Waals surface area contributed by atoms with Crippen LogP contribution in [-0.4, -0.2) is 4.98 Å². The highest BCUT2D eigenvalue weighted by Gasteiger charge is 2.36. The van der Waals surface area contributed by atoms with Crippen molar-refractivity contribution in [3.63, 3.8) is 0 Å². The molecule has 0 saturated carbocycles. The van der Waals surface area contributed by atoms with Crippen LogP contribution in [0.25, 0.3) is 77.0 Å². The molecule has 194 valence electrons. The molecular formula is C40H29N. The maximum atomic E-state index is 4.78. The predicted octanol–water partition coefficient (Wildman–Crippen LogP) is 10.8. The van der Waals surface area contributed by atoms with E-state index in [1.807, 2.05) is 6.20 Å². The van der Waals surface area contributed by atoms with Crippen molar-refractivity contribution in [2.24, 2.45) is 0 Å². The van der Waals surface area contributed by atoms with Crippen molar-refractivity contribution in [2.75, 3.05) is 0 Å². The number of rotatable bonds is 1. The number of nitrogens with zero attached hydrogens (tertiary/aromatic N) is 1. The number of aryl methyl sites for hydroxylation is 2. The summed E-state index contributed by atoms with van der Waals surface area (Å²) in [7, 11) is 0. The number of pyridine rings is 1. The molecule has 0 radical (unpaired) electrons. The Morgan fingerprint density at radius 2 is 1.32 bits per heavy atom. The summed E-state index contributed by atoms with van der Waals surface area (Å²) in [4.78, 5) is 4.78. The van der Waals surface area contributed by atoms with Gasteiger partial charge in [0.05, 0.1) is 5.69 Å². The summed E-state index contributed by atoms with van der Waals surface area (Å²) in [6.45, 7) is 9.11. The second kappa shape index (κ2) is 7.71. The molecule has 0 aliphatic heterocycles. The number of hydrogen-bond acceptors (Lipinski definition) is 1. The van der Waals surface area contributed by atoms with Gasteiger partial charge in [-0.05, 0) is 121 Å². The molecule has 0 atom stereocenters. The molecule has 2 aliphatic carbocycles. The summed E-state index contributed by atoms with van der Waals surface area (Å²) in [5.41, 5.74) is 15.6. The molecule has 1 heterocycles. The van der Waals surface area contributed by atoms with E-state index in [-0.39, 0.29) is 5.41 Å². The second-order valence-electron chi connectivity index (χ2n) is 12.5. The molecule has 2 aliphatic rings. The van der Waals surface area contributed by atoms with Crippen molar-refractivity contribution >= 4 is 32.3 Å². The van der Waals surface area contributed by atoms with Gasteiger partial charge < -0.3 is 0 Å². The molecule has 9 rings (SSSR count). The first-order chi connectivity index (χ1) is 19.9. The van der Waals surface area contributed by atoms with E-state index in [1.54, 1.807) is 0 Å². The summed E-state index contributed by atoms with van der Waals surface area (Å²) in [6.07, 6.45) is 1.91. The van der Waals surface area contributed by atoms with Gasteiger partial charge in [-0.15, -0.1) is 0 Å². The zero-order chi connectivity index (χ0) is 27.6. The van der Waals surface area contributed by atoms with E-state index >= 15 is 0 Å². The van der Waals surface area contributed by atoms with Gasteiger partial charge in [-0.25, -0.2) is 0 Å². The molecule has 0 unspecified atom stereocenters. The van der Waals surface area contributed by atoms with Crippen molar-refractivity contribution in [3.05, 3.63) is 126 Å². The van der Waals surface area contributed by atoms with E-state index in [0.29, 0.717) is 0 Å². The highest BCUT2D eigenvalue weighted by atomic mass is 14.7. The maximum absolute atomic E-state index is 4.78. The summed E-state index contributed by atoms with van der Waals surface area (Å²) >= 11 is 0. The van der Waals surface area contributed by atoms with E-state index in [0.717, 1.165) is 5.69 Å². The van der Waals surface area contributed by atoms with Gasteiger partial charge in [0.25, 0.3) is 0 Å². The molecule has 0 bridgehead atoms. The monoisotopic (exact) mass is 523 g/mol. The fourth-order valence-electron chi connectivity index (χ4n) is 7.81. The third kappa shape index (κ3) is 2.88. The van der Waals surface area contributed by atoms with Crippen LogP contribution in [0.15, 0.2) is 103 Å². The third-order valence-electron chi connectivity index (χ3n) is 9.82. The van der Waals surface area contributed by atoms with Gasteiger partial charge in [0.1, 0.15) is 0 Å². The Kier molecular flexibility index (Phi) is 4.32. The van der Waals surface area contributed by atoms with Gasteiger partial charge >= 0.3 is 0 Å². The van der Waals surface area contributed by atoms with Gasteiger partial charge in [-0.2, -0.15) is 0 Å². The van der Waals surface area contributed by atoms with Crippen molar-refractivity contribution < 1.29 is 0 Å². The Balaban J connectivity index is 1.40. The molecule has 0 amide bonds. The molecule has 0 N–H and O–H groups in total. The predicted molar refractivity (Wildman–Crippen MR) is 174 cm³/mol. The van der Waals surface area contributed by atoms with Crippen molar-refractivity contribution in [1.82, 2.24) is 4.98 Å². The van der Waals surface area contributed by atoms with Crippen LogP contribution in [0.5, 0.6) is 0 Å². The van der Waals surface area contributed by atoms with Crippen LogP contribution in [0, 0.1) is 13.8 Å². The number of aromatic nitrogens is 1. The fraction of sp³-hybridized carbons (Fsp3) is 0.125. The first kappa shape index (κ1) is 23.0. The molecule has 0 saturated heterocycles. The Bertz CT molecular complexity index is 2300. The van der Waals surface area contributed by atoms with Gasteiger partial charge in [0, 0.05) is 17.2 Å². The van der Waals surface area contributed by atoms with E-state index in [1.165, 1.54) is 93.5 Å². The normalized spacial score (nSPS) is 14.0. The van der Waals surface area contributed by atoms with Crippen molar-refractivity contribution in [1.29, 1.82) is 0 Å². The second-order valence-corrected chi connectivity index (χ2v) is 12.5. The quantitative estimate of drug-likeness (QED) is 0.195. The lowest BCUT2D eigenvalue weighted by atomic mass is 9.81. The zero-order valence-electron chi connectivity index (χ0n) is 23.8. The lowest BCUT2D eigenvalue weighted by Crippen LogP contribution is -2.15. The zero-order valence-corrected chi connectivity index (χ0v) is 23.8. The summed E-state index contributed by atoms with van der Waals surface area (Å²) in [6, 6.07) is 36.8. The van der Waals surface area contributed by atoms with E-state index < -0.39 is 0 Å². The number of benzene rings is 6. The minimum Gasteiger partial charge on any atom is -0.256 e. The number of hydrogen-bond donors (Lipinski definition) is 0. The molecule has 1 heteroatoms. The lowest BCUT2D eigenvalue weighted by molar-refractivity contribution is 0.659. The Hall–Kier alpha value is -4.75. The fourth-order valence-corrected chi connectivity index (χ4v) is 7.81. The van der Waals surface area contributed by atoms with Crippen LogP contribution in [0.1, 0.15) is 36.1 Å². The Labute approximate surface area is 240 Å². The third-order valence-corrected chi connectivity index (χ3v) is 9.82. The van der Waals surface area contributed by atoms with Crippen LogP contribution in [0.4, 0.5) is 0 Å². The van der Waals surface area contributed by atoms with Crippen molar-refractivity contribution in [2.45, 2.75) is 33.1 Å². The minimum absolute atomic E-state index is 0.0872. The molecule has 1 aromatic heterocycles. The van der Waals surface area contributed by atoms with Gasteiger partial charge in [0.2, 0.25) is 0 Å². The Morgan fingerprint density at radius 3 is 2.20 bits per heavy atom. The average molecular weight is 524 g/mol. The molecule has 6 aromatic carbocycles. The summed E-state index contributed by atoms with van der Waals surface area (Å²) in [5.74, 6) is 0. The largest absolute Gasteiger partial charge is 0.256 e. The molecule has 41 heavy (non-hydrogen) atoms. The highest BCUT2D eigenvalue weighted by Crippen LogP contribution is 2.53. The van der Waals surface area contributed by atoms with Crippen LogP contribution in [0.3, 0.4) is 0 Å². The van der Waals surface area contributed by atoms with Crippen LogP contribution in [0.2, 0.25) is 0 Å². The Morgan fingerprint density at radius 1 is 0.537 bits per heavy atom. The molecule has 7 aromatic rings. The van der Waals surface area contributed by atoms with Gasteiger partial charge in [0.15, 0.2) is 0 Å². The number of fused-ring (bicyclic) bond motifs is 10. The average Bonchev–Trinajstić information content (AvgIpc) is 3.44. The molecule has 1 nitrogen and oxygen atoms in total. The van der Waals surface area contributed by atoms with Gasteiger partial charge in [-0.3, -0.25) is 4.98 Å². The SMILES string of the molecule is Cc1ccc2c(c1)c(-c1ccc3c(c1)C(C)(C)c1cccnc1-3)cc1c3ccc(C)c4c3c(cc21)-c1ccccc1-4. The van der Waals surface area contributed by atoms with E-state index in [4.69, 9.17) is 4.98 Å². The first-order valence-electron chi connectivity index (χ1n) is 14.6. The minimum atomic E-state index is -0.0872. The highest BCUT2D eigenvalue weighted by molar-refractivity contribution is 6.29. The van der Waals surface area contributed by atoms with Crippen molar-refractivity contribution in [3.8, 4) is 44.6 Å². The summed E-state index contributed by atoms with van der Waals surface area (Å²) in [5, 5.41) is 8.03. The first-order valence-corrected chi connectivity index (χ1v) is 14.6. The molecular weight excluding hydrogens is 494 g/mol. The van der Waals surface area contributed by atoms with E-state index in [9.17, 15) is 0 Å². The van der Waals surface area contributed by atoms with Crippen LogP contribution in [-0.2, 0) is 5.41 Å². The lowest BCUT2D eigenvalue weighted by Gasteiger charge is -2.22. The smallest absolute Gasteiger partial charge is 0.0745 e. The standard InChI is InChI=1S/C40H29N/c1-22-11-14-26-31(18-22)30(24-13-16-29-36(19-24)40(3,4)35-10-7-17-41-39(29)35)20-33-28-15-12-23(2)37-27-9-6-5-8-25(27)34(38(28)37)21-32(26)33/h5-21H,1-4H3. The summed E-state index contributed by atoms with van der Waals surface area (Å²) < 4.78 is 0. The molecule has 0 fully saturated rings. The molecule has 0 spiro atoms.